The molecule has 1 amide bonds. The highest BCUT2D eigenvalue weighted by Gasteiger charge is 2.61. The number of nitrogens with zero attached hydrogens (tertiary/aromatic N) is 4. The van der Waals surface area contributed by atoms with Gasteiger partial charge in [0.1, 0.15) is 5.82 Å². The number of hydrogen-bond acceptors (Lipinski definition) is 6. The molecule has 1 aliphatic heterocycles. The lowest BCUT2D eigenvalue weighted by atomic mass is 9.94. The molecule has 3 heterocycles. The van der Waals surface area contributed by atoms with Gasteiger partial charge < -0.3 is 15.4 Å². The first-order valence-electron chi connectivity index (χ1n) is 12.0. The summed E-state index contributed by atoms with van der Waals surface area (Å²) in [5.41, 5.74) is 9.75. The summed E-state index contributed by atoms with van der Waals surface area (Å²) in [4.78, 5) is 28.5. The summed E-state index contributed by atoms with van der Waals surface area (Å²) in [6.45, 7) is 4.49. The Labute approximate surface area is 204 Å². The molecule has 2 aliphatic rings. The maximum Gasteiger partial charge on any atom is 0.230 e. The van der Waals surface area contributed by atoms with E-state index in [0.29, 0.717) is 17.2 Å². The van der Waals surface area contributed by atoms with Crippen LogP contribution in [0.5, 0.6) is 5.75 Å². The van der Waals surface area contributed by atoms with Gasteiger partial charge in [-0.2, -0.15) is 0 Å². The second kappa shape index (κ2) is 8.91. The van der Waals surface area contributed by atoms with E-state index in [4.69, 9.17) is 10.5 Å². The summed E-state index contributed by atoms with van der Waals surface area (Å²) >= 11 is 0. The molecule has 5 rings (SSSR count). The van der Waals surface area contributed by atoms with E-state index < -0.39 is 11.7 Å². The average molecular weight is 476 g/mol. The van der Waals surface area contributed by atoms with E-state index in [1.165, 1.54) is 13.2 Å². The van der Waals surface area contributed by atoms with Crippen LogP contribution in [0.15, 0.2) is 42.7 Å². The first-order chi connectivity index (χ1) is 16.8. The molecule has 1 saturated carbocycles. The predicted molar refractivity (Wildman–Crippen MR) is 131 cm³/mol. The number of hydrogen-bond donors (Lipinski definition) is 1. The van der Waals surface area contributed by atoms with Crippen molar-refractivity contribution in [2.45, 2.75) is 51.5 Å². The number of ether oxygens (including phenoxy) is 1. The highest BCUT2D eigenvalue weighted by molar-refractivity contribution is 5.84. The van der Waals surface area contributed by atoms with Crippen molar-refractivity contribution in [3.05, 3.63) is 65.4 Å². The minimum absolute atomic E-state index is 0.0546. The van der Waals surface area contributed by atoms with Crippen molar-refractivity contribution in [1.29, 1.82) is 0 Å². The van der Waals surface area contributed by atoms with Gasteiger partial charge in [-0.05, 0) is 80.3 Å². The Hall–Kier alpha value is -3.55. The number of fused-ring (bicyclic) bond motifs is 1. The van der Waals surface area contributed by atoms with Gasteiger partial charge >= 0.3 is 0 Å². The van der Waals surface area contributed by atoms with E-state index in [1.807, 2.05) is 18.7 Å². The zero-order valence-corrected chi connectivity index (χ0v) is 20.3. The van der Waals surface area contributed by atoms with Gasteiger partial charge in [-0.3, -0.25) is 4.79 Å². The number of nitrogen functional groups attached to an aromatic ring is 1. The van der Waals surface area contributed by atoms with E-state index in [1.54, 1.807) is 30.6 Å². The zero-order valence-electron chi connectivity index (χ0n) is 20.3. The Morgan fingerprint density at radius 1 is 1.31 bits per heavy atom. The van der Waals surface area contributed by atoms with Gasteiger partial charge in [0.2, 0.25) is 5.91 Å². The Morgan fingerprint density at radius 2 is 2.09 bits per heavy atom. The molecule has 8 heteroatoms. The van der Waals surface area contributed by atoms with Gasteiger partial charge in [-0.1, -0.05) is 6.07 Å². The summed E-state index contributed by atoms with van der Waals surface area (Å²) in [5.74, 6) is 0.565. The molecule has 0 spiro atoms. The van der Waals surface area contributed by atoms with Crippen LogP contribution in [0, 0.1) is 18.2 Å². The summed E-state index contributed by atoms with van der Waals surface area (Å²) in [6.07, 6.45) is 7.14. The van der Waals surface area contributed by atoms with Crippen molar-refractivity contribution in [2.24, 2.45) is 5.41 Å². The number of anilines is 1. The normalized spacial score (nSPS) is 21.5. The monoisotopic (exact) mass is 475 g/mol. The maximum atomic E-state index is 14.2. The van der Waals surface area contributed by atoms with Crippen LogP contribution in [0.1, 0.15) is 48.9 Å². The smallest absolute Gasteiger partial charge is 0.230 e. The molecule has 2 aromatic heterocycles. The van der Waals surface area contributed by atoms with Crippen LogP contribution in [0.2, 0.25) is 0 Å². The minimum atomic E-state index is -0.448. The van der Waals surface area contributed by atoms with Gasteiger partial charge in [0, 0.05) is 30.5 Å². The number of nitrogens with two attached hydrogens (primary N) is 1. The standard InChI is InChI=1S/C27H30FN5O2/c1-16(18-5-6-22(35-3)21(28)14-18)26(34)33-12-9-27(15-23(27)33)8-7-19-13-20(17(2)32-24(19)29)25-30-10-4-11-31-25/h4-6,10-11,13-14,16,23H,7-9,12,15H2,1-3H3,(H2,29,32)/t16-,23?,27+/m0/s1. The number of aromatic nitrogens is 3. The summed E-state index contributed by atoms with van der Waals surface area (Å²) < 4.78 is 19.2. The van der Waals surface area contributed by atoms with E-state index in [2.05, 4.69) is 21.0 Å². The number of amides is 1. The lowest BCUT2D eigenvalue weighted by Gasteiger charge is -2.23. The van der Waals surface area contributed by atoms with Crippen LogP contribution in [-0.4, -0.2) is 45.5 Å². The number of halogens is 1. The molecule has 3 atom stereocenters. The maximum absolute atomic E-state index is 14.2. The van der Waals surface area contributed by atoms with E-state index >= 15 is 0 Å². The third-order valence-corrected chi connectivity index (χ3v) is 7.73. The zero-order chi connectivity index (χ0) is 24.7. The van der Waals surface area contributed by atoms with Gasteiger partial charge in [-0.25, -0.2) is 19.3 Å². The number of likely N-dealkylation sites (tertiary alicyclic amines) is 1. The molecule has 1 unspecified atom stereocenters. The van der Waals surface area contributed by atoms with Crippen LogP contribution in [0.3, 0.4) is 0 Å². The topological polar surface area (TPSA) is 94.2 Å². The molecule has 2 N–H and O–H groups in total. The highest BCUT2D eigenvalue weighted by atomic mass is 19.1. The van der Waals surface area contributed by atoms with E-state index in [0.717, 1.165) is 49.0 Å². The minimum Gasteiger partial charge on any atom is -0.494 e. The van der Waals surface area contributed by atoms with Gasteiger partial charge in [0.05, 0.1) is 18.7 Å². The Balaban J connectivity index is 1.26. The number of benzene rings is 1. The Bertz CT molecular complexity index is 1270. The summed E-state index contributed by atoms with van der Waals surface area (Å²) in [6, 6.07) is 8.82. The van der Waals surface area contributed by atoms with Crippen LogP contribution >= 0.6 is 0 Å². The second-order valence-corrected chi connectivity index (χ2v) is 9.72. The highest BCUT2D eigenvalue weighted by Crippen LogP contribution is 2.60. The van der Waals surface area contributed by atoms with Crippen molar-refractivity contribution in [1.82, 2.24) is 19.9 Å². The summed E-state index contributed by atoms with van der Waals surface area (Å²) in [5, 5.41) is 0. The first kappa shape index (κ1) is 23.2. The number of methoxy groups -OCH3 is 1. The lowest BCUT2D eigenvalue weighted by Crippen LogP contribution is -2.34. The largest absolute Gasteiger partial charge is 0.494 e. The third kappa shape index (κ3) is 4.22. The fraction of sp³-hybridized carbons (Fsp3) is 0.407. The van der Waals surface area contributed by atoms with Gasteiger partial charge in [0.25, 0.3) is 0 Å². The van der Waals surface area contributed by atoms with Crippen molar-refractivity contribution >= 4 is 11.7 Å². The number of pyridine rings is 1. The molecule has 35 heavy (non-hydrogen) atoms. The molecule has 0 radical (unpaired) electrons. The van der Waals surface area contributed by atoms with E-state index in [9.17, 15) is 9.18 Å². The van der Waals surface area contributed by atoms with Crippen LogP contribution in [-0.2, 0) is 11.2 Å². The molecule has 182 valence electrons. The number of rotatable bonds is 7. The first-order valence-corrected chi connectivity index (χ1v) is 12.0. The number of piperidine rings is 1. The molecule has 2 fully saturated rings. The van der Waals surface area contributed by atoms with Crippen molar-refractivity contribution in [3.63, 3.8) is 0 Å². The molecule has 3 aromatic rings. The van der Waals surface area contributed by atoms with Crippen LogP contribution < -0.4 is 10.5 Å². The van der Waals surface area contributed by atoms with Crippen LogP contribution in [0.4, 0.5) is 10.2 Å². The van der Waals surface area contributed by atoms with Gasteiger partial charge in [0.15, 0.2) is 17.4 Å². The number of carbonyl (C=O) groups is 1. The number of carbonyl (C=O) groups excluding carboxylic acids is 1. The average Bonchev–Trinajstić information content (AvgIpc) is 3.46. The second-order valence-electron chi connectivity index (χ2n) is 9.72. The quantitative estimate of drug-likeness (QED) is 0.547. The number of aryl methyl sites for hydroxylation is 2. The predicted octanol–water partition coefficient (Wildman–Crippen LogP) is 4.30. The molecule has 1 saturated heterocycles. The molecular weight excluding hydrogens is 445 g/mol. The lowest BCUT2D eigenvalue weighted by molar-refractivity contribution is -0.132. The molecule has 0 bridgehead atoms. The van der Waals surface area contributed by atoms with Crippen molar-refractivity contribution in [3.8, 4) is 17.1 Å². The van der Waals surface area contributed by atoms with Gasteiger partial charge in [-0.15, -0.1) is 0 Å². The fourth-order valence-electron chi connectivity index (χ4n) is 5.45. The SMILES string of the molecule is COc1ccc([C@H](C)C(=O)N2CC[C@]3(CCc4cc(-c5ncccn5)c(C)nc4N)CC23)cc1F. The van der Waals surface area contributed by atoms with Crippen molar-refractivity contribution in [2.75, 3.05) is 19.4 Å². The molecular formula is C27H30FN5O2. The third-order valence-electron chi connectivity index (χ3n) is 7.73. The fourth-order valence-corrected chi connectivity index (χ4v) is 5.45. The Kier molecular flexibility index (Phi) is 5.91. The van der Waals surface area contributed by atoms with E-state index in [-0.39, 0.29) is 23.1 Å². The molecule has 1 aromatic carbocycles. The summed E-state index contributed by atoms with van der Waals surface area (Å²) in [7, 11) is 1.43. The van der Waals surface area contributed by atoms with Crippen molar-refractivity contribution < 1.29 is 13.9 Å². The molecule has 1 aliphatic carbocycles. The molecule has 7 nitrogen and oxygen atoms in total. The van der Waals surface area contributed by atoms with Crippen LogP contribution in [0.25, 0.3) is 11.4 Å². The Morgan fingerprint density at radius 3 is 2.77 bits per heavy atom.